The van der Waals surface area contributed by atoms with Crippen LogP contribution < -0.4 is 5.43 Å². The molecule has 3 rings (SSSR count). The first-order valence-corrected chi connectivity index (χ1v) is 7.90. The molecule has 0 spiro atoms. The number of thiazole rings is 1. The molecule has 0 aliphatic carbocycles. The molecule has 0 radical (unpaired) electrons. The SMILES string of the molecule is Cc1nc2sccn2c1C(=O)N/N=C\c1ccc(Cl)c(Cl)c1. The molecule has 5 nitrogen and oxygen atoms in total. The summed E-state index contributed by atoms with van der Waals surface area (Å²) >= 11 is 13.2. The van der Waals surface area contributed by atoms with Crippen LogP contribution in [0.3, 0.4) is 0 Å². The number of benzene rings is 1. The molecule has 8 heteroatoms. The highest BCUT2D eigenvalue weighted by atomic mass is 35.5. The zero-order valence-electron chi connectivity index (χ0n) is 11.4. The third-order valence-corrected chi connectivity index (χ3v) is 4.47. The summed E-state index contributed by atoms with van der Waals surface area (Å²) in [5.41, 5.74) is 4.36. The van der Waals surface area contributed by atoms with E-state index in [0.717, 1.165) is 10.5 Å². The van der Waals surface area contributed by atoms with Crippen LogP contribution in [-0.2, 0) is 0 Å². The van der Waals surface area contributed by atoms with E-state index in [9.17, 15) is 4.79 Å². The highest BCUT2D eigenvalue weighted by Crippen LogP contribution is 2.21. The summed E-state index contributed by atoms with van der Waals surface area (Å²) in [5.74, 6) is -0.320. The van der Waals surface area contributed by atoms with Gasteiger partial charge in [0.1, 0.15) is 5.69 Å². The van der Waals surface area contributed by atoms with Gasteiger partial charge >= 0.3 is 0 Å². The number of carbonyl (C=O) groups is 1. The first-order chi connectivity index (χ1) is 10.6. The number of halogens is 2. The van der Waals surface area contributed by atoms with Crippen LogP contribution in [0.1, 0.15) is 21.7 Å². The molecular formula is C14H10Cl2N4OS. The zero-order chi connectivity index (χ0) is 15.7. The molecule has 0 bridgehead atoms. The van der Waals surface area contributed by atoms with Gasteiger partial charge in [-0.25, -0.2) is 10.4 Å². The lowest BCUT2D eigenvalue weighted by atomic mass is 10.2. The predicted molar refractivity (Wildman–Crippen MR) is 89.3 cm³/mol. The summed E-state index contributed by atoms with van der Waals surface area (Å²) in [6, 6.07) is 5.09. The third-order valence-electron chi connectivity index (χ3n) is 2.97. The molecule has 22 heavy (non-hydrogen) atoms. The first-order valence-electron chi connectivity index (χ1n) is 6.27. The largest absolute Gasteiger partial charge is 0.290 e. The second-order valence-corrected chi connectivity index (χ2v) is 6.16. The van der Waals surface area contributed by atoms with E-state index in [-0.39, 0.29) is 5.91 Å². The van der Waals surface area contributed by atoms with Gasteiger partial charge in [-0.05, 0) is 24.6 Å². The molecule has 0 fully saturated rings. The van der Waals surface area contributed by atoms with Crippen molar-refractivity contribution in [2.45, 2.75) is 6.92 Å². The smallest absolute Gasteiger partial charge is 0.286 e. The van der Waals surface area contributed by atoms with Gasteiger partial charge in [-0.3, -0.25) is 9.20 Å². The molecule has 2 aromatic heterocycles. The van der Waals surface area contributed by atoms with E-state index < -0.39 is 0 Å². The molecule has 0 saturated carbocycles. The number of hydrogen-bond acceptors (Lipinski definition) is 4. The predicted octanol–water partition coefficient (Wildman–Crippen LogP) is 3.77. The summed E-state index contributed by atoms with van der Waals surface area (Å²) in [4.78, 5) is 17.3. The average Bonchev–Trinajstić information content (AvgIpc) is 3.02. The van der Waals surface area contributed by atoms with Crippen molar-refractivity contribution >= 4 is 51.6 Å². The number of aromatic nitrogens is 2. The summed E-state index contributed by atoms with van der Waals surface area (Å²) < 4.78 is 1.74. The number of carbonyl (C=O) groups excluding carboxylic acids is 1. The average molecular weight is 353 g/mol. The van der Waals surface area contributed by atoms with Crippen molar-refractivity contribution in [3.8, 4) is 0 Å². The van der Waals surface area contributed by atoms with Gasteiger partial charge in [0.2, 0.25) is 0 Å². The van der Waals surface area contributed by atoms with Crippen molar-refractivity contribution in [2.75, 3.05) is 0 Å². The number of rotatable bonds is 3. The molecule has 0 atom stereocenters. The van der Waals surface area contributed by atoms with E-state index in [4.69, 9.17) is 23.2 Å². The van der Waals surface area contributed by atoms with Gasteiger partial charge in [0.25, 0.3) is 5.91 Å². The summed E-state index contributed by atoms with van der Waals surface area (Å²) in [6.45, 7) is 1.79. The van der Waals surface area contributed by atoms with E-state index in [0.29, 0.717) is 21.4 Å². The van der Waals surface area contributed by atoms with Gasteiger partial charge in [0, 0.05) is 11.6 Å². The van der Waals surface area contributed by atoms with Gasteiger partial charge in [-0.15, -0.1) is 11.3 Å². The topological polar surface area (TPSA) is 58.8 Å². The lowest BCUT2D eigenvalue weighted by Gasteiger charge is -2.00. The van der Waals surface area contributed by atoms with Crippen molar-refractivity contribution in [1.82, 2.24) is 14.8 Å². The van der Waals surface area contributed by atoms with E-state index in [1.807, 2.05) is 5.38 Å². The molecule has 1 amide bonds. The molecule has 1 N–H and O–H groups in total. The molecule has 0 aliphatic rings. The van der Waals surface area contributed by atoms with Gasteiger partial charge in [-0.2, -0.15) is 5.10 Å². The molecule has 2 heterocycles. The molecule has 112 valence electrons. The number of amides is 1. The minimum Gasteiger partial charge on any atom is -0.286 e. The highest BCUT2D eigenvalue weighted by Gasteiger charge is 2.16. The second kappa shape index (κ2) is 6.08. The van der Waals surface area contributed by atoms with Gasteiger partial charge in [0.05, 0.1) is 22.0 Å². The van der Waals surface area contributed by atoms with Gasteiger partial charge in [-0.1, -0.05) is 29.3 Å². The minimum atomic E-state index is -0.320. The van der Waals surface area contributed by atoms with Crippen LogP contribution in [0.2, 0.25) is 10.0 Å². The first kappa shape index (κ1) is 15.0. The van der Waals surface area contributed by atoms with Crippen LogP contribution in [0.25, 0.3) is 4.96 Å². The lowest BCUT2D eigenvalue weighted by molar-refractivity contribution is 0.0948. The van der Waals surface area contributed by atoms with Crippen LogP contribution in [0.5, 0.6) is 0 Å². The van der Waals surface area contributed by atoms with Crippen molar-refractivity contribution < 1.29 is 4.79 Å². The second-order valence-electron chi connectivity index (χ2n) is 4.47. The third kappa shape index (κ3) is 2.85. The Kier molecular flexibility index (Phi) is 4.15. The van der Waals surface area contributed by atoms with Crippen LogP contribution in [0.4, 0.5) is 0 Å². The van der Waals surface area contributed by atoms with Crippen LogP contribution in [0.15, 0.2) is 34.9 Å². The monoisotopic (exact) mass is 352 g/mol. The molecule has 3 aromatic rings. The number of nitrogens with one attached hydrogen (secondary N) is 1. The molecule has 0 saturated heterocycles. The molecule has 0 unspecified atom stereocenters. The van der Waals surface area contributed by atoms with Crippen molar-refractivity contribution in [1.29, 1.82) is 0 Å². The maximum Gasteiger partial charge on any atom is 0.290 e. The fraction of sp³-hybridized carbons (Fsp3) is 0.0714. The molecule has 1 aromatic carbocycles. The van der Waals surface area contributed by atoms with E-state index in [1.165, 1.54) is 17.6 Å². The Morgan fingerprint density at radius 1 is 1.41 bits per heavy atom. The van der Waals surface area contributed by atoms with Crippen molar-refractivity contribution in [3.05, 3.63) is 56.8 Å². The Labute approximate surface area is 140 Å². The van der Waals surface area contributed by atoms with Crippen molar-refractivity contribution in [2.24, 2.45) is 5.10 Å². The zero-order valence-corrected chi connectivity index (χ0v) is 13.7. The fourth-order valence-corrected chi connectivity index (χ4v) is 3.04. The van der Waals surface area contributed by atoms with E-state index >= 15 is 0 Å². The summed E-state index contributed by atoms with van der Waals surface area (Å²) in [6.07, 6.45) is 3.30. The standard InChI is InChI=1S/C14H10Cl2N4OS/c1-8-12(20-4-5-22-14(20)18-8)13(21)19-17-7-9-2-3-10(15)11(16)6-9/h2-7H,1H3,(H,19,21)/b17-7-. The quantitative estimate of drug-likeness (QED) is 0.576. The Bertz CT molecular complexity index is 884. The number of imidazole rings is 1. The Morgan fingerprint density at radius 2 is 2.23 bits per heavy atom. The summed E-state index contributed by atoms with van der Waals surface area (Å²) in [5, 5.41) is 6.71. The highest BCUT2D eigenvalue weighted by molar-refractivity contribution is 7.15. The maximum atomic E-state index is 12.2. The lowest BCUT2D eigenvalue weighted by Crippen LogP contribution is -2.20. The molecule has 0 aliphatic heterocycles. The van der Waals surface area contributed by atoms with E-state index in [1.54, 1.807) is 35.7 Å². The van der Waals surface area contributed by atoms with Crippen LogP contribution >= 0.6 is 34.5 Å². The van der Waals surface area contributed by atoms with Gasteiger partial charge < -0.3 is 0 Å². The number of hydrogen-bond donors (Lipinski definition) is 1. The summed E-state index contributed by atoms with van der Waals surface area (Å²) in [7, 11) is 0. The number of nitrogens with zero attached hydrogens (tertiary/aromatic N) is 3. The number of hydrazone groups is 1. The fourth-order valence-electron chi connectivity index (χ4n) is 1.98. The minimum absolute atomic E-state index is 0.320. The molecular weight excluding hydrogens is 343 g/mol. The Hall–Kier alpha value is -1.89. The number of aryl methyl sites for hydroxylation is 1. The van der Waals surface area contributed by atoms with Crippen molar-refractivity contribution in [3.63, 3.8) is 0 Å². The van der Waals surface area contributed by atoms with Crippen LogP contribution in [-0.4, -0.2) is 21.5 Å². The normalized spacial score (nSPS) is 11.4. The van der Waals surface area contributed by atoms with Gasteiger partial charge in [0.15, 0.2) is 4.96 Å². The van der Waals surface area contributed by atoms with E-state index in [2.05, 4.69) is 15.5 Å². The van der Waals surface area contributed by atoms with Crippen LogP contribution in [0, 0.1) is 6.92 Å². The Balaban J connectivity index is 1.77. The maximum absolute atomic E-state index is 12.2. The Morgan fingerprint density at radius 3 is 3.00 bits per heavy atom. The number of fused-ring (bicyclic) bond motifs is 1.